The second-order valence-corrected chi connectivity index (χ2v) is 8.29. The molecule has 0 aliphatic carbocycles. The molecule has 0 saturated carbocycles. The molecule has 2 heterocycles. The summed E-state index contributed by atoms with van der Waals surface area (Å²) in [4.78, 5) is 14.5. The second-order valence-electron chi connectivity index (χ2n) is 8.29. The highest BCUT2D eigenvalue weighted by atomic mass is 19.2. The van der Waals surface area contributed by atoms with Crippen molar-refractivity contribution in [1.29, 1.82) is 0 Å². The molecule has 2 N–H and O–H groups in total. The van der Waals surface area contributed by atoms with Gasteiger partial charge in [0.05, 0.1) is 0 Å². The summed E-state index contributed by atoms with van der Waals surface area (Å²) in [5.74, 6) is -2.98. The Hall–Kier alpha value is -2.54. The molecule has 4 atom stereocenters. The highest BCUT2D eigenvalue weighted by Crippen LogP contribution is 2.40. The molecule has 30 heavy (non-hydrogen) atoms. The van der Waals surface area contributed by atoms with Crippen LogP contribution < -0.4 is 5.73 Å². The third-order valence-corrected chi connectivity index (χ3v) is 6.34. The summed E-state index contributed by atoms with van der Waals surface area (Å²) in [6.07, 6.45) is 2.98. The molecule has 4 rings (SSSR count). The summed E-state index contributed by atoms with van der Waals surface area (Å²) < 4.78 is 46.1. The van der Waals surface area contributed by atoms with E-state index in [1.54, 1.807) is 0 Å². The lowest BCUT2D eigenvalue weighted by Crippen LogP contribution is -2.50. The van der Waals surface area contributed by atoms with Gasteiger partial charge in [-0.25, -0.2) is 18.0 Å². The van der Waals surface area contributed by atoms with Crippen LogP contribution in [0.2, 0.25) is 0 Å². The zero-order valence-electron chi connectivity index (χ0n) is 16.6. The molecule has 2 aliphatic heterocycles. The summed E-state index contributed by atoms with van der Waals surface area (Å²) in [5.41, 5.74) is 7.34. The van der Waals surface area contributed by atoms with Gasteiger partial charge >= 0.3 is 6.09 Å². The first-order chi connectivity index (χ1) is 14.4. The van der Waals surface area contributed by atoms with Gasteiger partial charge in [-0.1, -0.05) is 30.3 Å². The molecule has 2 aromatic carbocycles. The van der Waals surface area contributed by atoms with Crippen LogP contribution in [-0.4, -0.2) is 29.1 Å². The van der Waals surface area contributed by atoms with E-state index in [0.717, 1.165) is 24.5 Å². The number of carbonyl (C=O) groups excluding carboxylic acids is 1. The Morgan fingerprint density at radius 1 is 1.03 bits per heavy atom. The molecule has 1 amide bonds. The van der Waals surface area contributed by atoms with Gasteiger partial charge in [-0.05, 0) is 55.2 Å². The van der Waals surface area contributed by atoms with Crippen LogP contribution in [0.1, 0.15) is 36.8 Å². The van der Waals surface area contributed by atoms with Gasteiger partial charge in [0.25, 0.3) is 0 Å². The molecule has 0 aromatic heterocycles. The number of carbonyl (C=O) groups is 1. The number of nitrogens with zero attached hydrogens (tertiary/aromatic N) is 1. The van der Waals surface area contributed by atoms with E-state index in [1.807, 2.05) is 35.2 Å². The Balaban J connectivity index is 1.36. The van der Waals surface area contributed by atoms with Crippen molar-refractivity contribution < 1.29 is 22.7 Å². The maximum absolute atomic E-state index is 14.0. The van der Waals surface area contributed by atoms with Crippen molar-refractivity contribution in [2.75, 3.05) is 0 Å². The van der Waals surface area contributed by atoms with E-state index in [4.69, 9.17) is 10.5 Å². The van der Waals surface area contributed by atoms with Gasteiger partial charge in [-0.3, -0.25) is 0 Å². The van der Waals surface area contributed by atoms with Gasteiger partial charge in [0.2, 0.25) is 0 Å². The fourth-order valence-corrected chi connectivity index (χ4v) is 4.80. The minimum Gasteiger partial charge on any atom is -0.445 e. The molecular weight excluding hydrogens is 393 g/mol. The quantitative estimate of drug-likeness (QED) is 0.725. The number of rotatable bonds is 5. The van der Waals surface area contributed by atoms with Gasteiger partial charge < -0.3 is 15.4 Å². The van der Waals surface area contributed by atoms with Crippen LogP contribution in [-0.2, 0) is 17.8 Å². The zero-order chi connectivity index (χ0) is 21.3. The Bertz CT molecular complexity index is 895. The third kappa shape index (κ3) is 4.31. The van der Waals surface area contributed by atoms with E-state index < -0.39 is 23.5 Å². The van der Waals surface area contributed by atoms with Crippen molar-refractivity contribution in [2.45, 2.75) is 56.8 Å². The predicted molar refractivity (Wildman–Crippen MR) is 106 cm³/mol. The fraction of sp³-hybridized carbons (Fsp3) is 0.435. The van der Waals surface area contributed by atoms with Gasteiger partial charge in [0, 0.05) is 24.2 Å². The molecule has 2 saturated heterocycles. The van der Waals surface area contributed by atoms with Crippen molar-refractivity contribution in [3.8, 4) is 0 Å². The summed E-state index contributed by atoms with van der Waals surface area (Å²) in [6, 6.07) is 10.7. The normalized spacial score (nSPS) is 24.0. The SMILES string of the molecule is N[C@@H](Cc1cc(F)c(F)cc1F)C1C[C@H]2CC[C@@H](C1)N2C(=O)OCc1ccccc1. The number of ether oxygens (including phenoxy) is 1. The van der Waals surface area contributed by atoms with Crippen molar-refractivity contribution in [2.24, 2.45) is 11.7 Å². The smallest absolute Gasteiger partial charge is 0.410 e. The van der Waals surface area contributed by atoms with E-state index in [2.05, 4.69) is 0 Å². The van der Waals surface area contributed by atoms with Crippen molar-refractivity contribution in [3.63, 3.8) is 0 Å². The maximum Gasteiger partial charge on any atom is 0.410 e. The number of benzene rings is 2. The van der Waals surface area contributed by atoms with E-state index >= 15 is 0 Å². The first-order valence-electron chi connectivity index (χ1n) is 10.3. The molecule has 0 radical (unpaired) electrons. The van der Waals surface area contributed by atoms with Crippen LogP contribution in [0, 0.1) is 23.4 Å². The summed E-state index contributed by atoms with van der Waals surface area (Å²) >= 11 is 0. The van der Waals surface area contributed by atoms with Crippen LogP contribution in [0.4, 0.5) is 18.0 Å². The van der Waals surface area contributed by atoms with Crippen LogP contribution in [0.15, 0.2) is 42.5 Å². The molecular formula is C23H25F3N2O2. The third-order valence-electron chi connectivity index (χ3n) is 6.34. The molecule has 2 bridgehead atoms. The first kappa shape index (κ1) is 20.7. The van der Waals surface area contributed by atoms with Crippen LogP contribution in [0.5, 0.6) is 0 Å². The number of halogens is 3. The fourth-order valence-electron chi connectivity index (χ4n) is 4.80. The molecule has 160 valence electrons. The lowest BCUT2D eigenvalue weighted by atomic mass is 9.83. The van der Waals surface area contributed by atoms with E-state index in [1.165, 1.54) is 0 Å². The Morgan fingerprint density at radius 2 is 1.67 bits per heavy atom. The minimum atomic E-state index is -1.20. The lowest BCUT2D eigenvalue weighted by Gasteiger charge is -2.40. The van der Waals surface area contributed by atoms with Crippen molar-refractivity contribution in [1.82, 2.24) is 4.90 Å². The maximum atomic E-state index is 14.0. The average molecular weight is 418 g/mol. The van der Waals surface area contributed by atoms with Gasteiger partial charge in [0.15, 0.2) is 11.6 Å². The monoisotopic (exact) mass is 418 g/mol. The van der Waals surface area contributed by atoms with Gasteiger partial charge in [0.1, 0.15) is 12.4 Å². The van der Waals surface area contributed by atoms with E-state index in [9.17, 15) is 18.0 Å². The van der Waals surface area contributed by atoms with E-state index in [-0.39, 0.29) is 42.7 Å². The highest BCUT2D eigenvalue weighted by Gasteiger charge is 2.45. The Kier molecular flexibility index (Phi) is 5.99. The average Bonchev–Trinajstić information content (AvgIpc) is 3.00. The number of piperidine rings is 1. The van der Waals surface area contributed by atoms with Crippen LogP contribution in [0.25, 0.3) is 0 Å². The zero-order valence-corrected chi connectivity index (χ0v) is 16.6. The number of hydrogen-bond donors (Lipinski definition) is 1. The van der Waals surface area contributed by atoms with Crippen LogP contribution in [0.3, 0.4) is 0 Å². The number of amides is 1. The molecule has 2 aromatic rings. The Morgan fingerprint density at radius 3 is 2.33 bits per heavy atom. The molecule has 7 heteroatoms. The van der Waals surface area contributed by atoms with Crippen LogP contribution >= 0.6 is 0 Å². The highest BCUT2D eigenvalue weighted by molar-refractivity contribution is 5.69. The first-order valence-corrected chi connectivity index (χ1v) is 10.3. The van der Waals surface area contributed by atoms with Crippen molar-refractivity contribution in [3.05, 3.63) is 71.0 Å². The summed E-state index contributed by atoms with van der Waals surface area (Å²) in [6.45, 7) is 0.230. The standard InChI is InChI=1S/C23H25F3N2O2/c24-19-12-21(26)20(25)10-15(19)11-22(27)16-8-17-6-7-18(9-16)28(17)23(29)30-13-14-4-2-1-3-5-14/h1-5,10,12,16-18,22H,6-9,11,13,27H2/t16?,17-,18+,22-/m0/s1. The van der Waals surface area contributed by atoms with Gasteiger partial charge in [-0.2, -0.15) is 0 Å². The second kappa shape index (κ2) is 8.68. The predicted octanol–water partition coefficient (Wildman–Crippen LogP) is 4.55. The number of hydrogen-bond acceptors (Lipinski definition) is 3. The lowest BCUT2D eigenvalue weighted by molar-refractivity contribution is 0.0493. The summed E-state index contributed by atoms with van der Waals surface area (Å²) in [7, 11) is 0. The molecule has 2 aliphatic rings. The topological polar surface area (TPSA) is 55.6 Å². The summed E-state index contributed by atoms with van der Waals surface area (Å²) in [5, 5.41) is 0. The number of nitrogens with two attached hydrogens (primary N) is 1. The molecule has 2 fully saturated rings. The largest absolute Gasteiger partial charge is 0.445 e. The molecule has 0 spiro atoms. The number of fused-ring (bicyclic) bond motifs is 2. The molecule has 1 unspecified atom stereocenters. The van der Waals surface area contributed by atoms with E-state index in [0.29, 0.717) is 18.9 Å². The van der Waals surface area contributed by atoms with Crippen molar-refractivity contribution >= 4 is 6.09 Å². The Labute approximate surface area is 173 Å². The molecule has 4 nitrogen and oxygen atoms in total. The minimum absolute atomic E-state index is 0.0397. The van der Waals surface area contributed by atoms with Gasteiger partial charge in [-0.15, -0.1) is 0 Å².